The molecule has 1 saturated heterocycles. The van der Waals surface area contributed by atoms with Gasteiger partial charge in [-0.2, -0.15) is 0 Å². The average molecular weight is 433 g/mol. The molecule has 0 aliphatic carbocycles. The Morgan fingerprint density at radius 2 is 1.52 bits per heavy atom. The number of hydrogen-bond donors (Lipinski definition) is 1. The van der Waals surface area contributed by atoms with Crippen LogP contribution in [0.3, 0.4) is 0 Å². The third kappa shape index (κ3) is 5.22. The number of nitrogens with zero attached hydrogens (tertiary/aromatic N) is 1. The number of anilines is 1. The van der Waals surface area contributed by atoms with Gasteiger partial charge >= 0.3 is 0 Å². The van der Waals surface area contributed by atoms with Gasteiger partial charge < -0.3 is 5.32 Å². The molecule has 0 spiro atoms. The number of benzene rings is 3. The van der Waals surface area contributed by atoms with Gasteiger partial charge in [0, 0.05) is 28.6 Å². The van der Waals surface area contributed by atoms with E-state index in [1.54, 1.807) is 24.3 Å². The number of para-hydroxylation sites is 1. The quantitative estimate of drug-likeness (QED) is 0.529. The Morgan fingerprint density at radius 3 is 2.26 bits per heavy atom. The number of carbonyl (C=O) groups excluding carboxylic acids is 2. The first-order chi connectivity index (χ1) is 15.1. The minimum absolute atomic E-state index is 0.0225. The Hall–Kier alpha value is -2.95. The van der Waals surface area contributed by atoms with Crippen LogP contribution in [0.2, 0.25) is 5.02 Å². The molecule has 1 amide bonds. The standard InChI is InChI=1S/C26H25ClN2O2/c27-23-12-6-4-10-21(23)18-29-16-14-20(15-17-29)26(31)28-24-13-7-5-11-22(24)25(30)19-8-2-1-3-9-19/h1-13,20H,14-18H2,(H,28,31). The summed E-state index contributed by atoms with van der Waals surface area (Å²) in [5.74, 6) is -0.181. The molecular weight excluding hydrogens is 408 g/mol. The Morgan fingerprint density at radius 1 is 0.871 bits per heavy atom. The molecule has 3 aromatic rings. The molecule has 31 heavy (non-hydrogen) atoms. The van der Waals surface area contributed by atoms with Crippen molar-refractivity contribution in [2.75, 3.05) is 18.4 Å². The summed E-state index contributed by atoms with van der Waals surface area (Å²) in [5, 5.41) is 3.78. The van der Waals surface area contributed by atoms with Crippen LogP contribution < -0.4 is 5.32 Å². The fourth-order valence-electron chi connectivity index (χ4n) is 3.99. The van der Waals surface area contributed by atoms with Crippen LogP contribution >= 0.6 is 11.6 Å². The number of likely N-dealkylation sites (tertiary alicyclic amines) is 1. The van der Waals surface area contributed by atoms with E-state index >= 15 is 0 Å². The van der Waals surface area contributed by atoms with Crippen molar-refractivity contribution in [1.29, 1.82) is 0 Å². The maximum Gasteiger partial charge on any atom is 0.227 e. The SMILES string of the molecule is O=C(c1ccccc1)c1ccccc1NC(=O)C1CCN(Cc2ccccc2Cl)CC1. The van der Waals surface area contributed by atoms with Crippen molar-refractivity contribution >= 4 is 29.0 Å². The maximum atomic E-state index is 12.9. The first-order valence-electron chi connectivity index (χ1n) is 10.6. The number of halogens is 1. The van der Waals surface area contributed by atoms with Gasteiger partial charge in [0.25, 0.3) is 0 Å². The second kappa shape index (κ2) is 9.90. The zero-order chi connectivity index (χ0) is 21.6. The second-order valence-corrected chi connectivity index (χ2v) is 8.28. The Bertz CT molecular complexity index is 1060. The van der Waals surface area contributed by atoms with Crippen LogP contribution in [0.4, 0.5) is 5.69 Å². The summed E-state index contributed by atoms with van der Waals surface area (Å²) in [6, 6.07) is 24.2. The highest BCUT2D eigenvalue weighted by Crippen LogP contribution is 2.25. The monoisotopic (exact) mass is 432 g/mol. The van der Waals surface area contributed by atoms with E-state index in [9.17, 15) is 9.59 Å². The molecule has 1 aliphatic heterocycles. The van der Waals surface area contributed by atoms with E-state index in [-0.39, 0.29) is 17.6 Å². The summed E-state index contributed by atoms with van der Waals surface area (Å²) < 4.78 is 0. The number of amides is 1. The third-order valence-corrected chi connectivity index (χ3v) is 6.14. The van der Waals surface area contributed by atoms with Crippen molar-refractivity contribution < 1.29 is 9.59 Å². The largest absolute Gasteiger partial charge is 0.325 e. The van der Waals surface area contributed by atoms with Gasteiger partial charge in [0.05, 0.1) is 5.69 Å². The Labute approximate surface area is 187 Å². The van der Waals surface area contributed by atoms with Crippen LogP contribution in [0.25, 0.3) is 0 Å². The number of ketones is 1. The lowest BCUT2D eigenvalue weighted by atomic mass is 9.95. The molecule has 158 valence electrons. The molecule has 0 bridgehead atoms. The van der Waals surface area contributed by atoms with Crippen molar-refractivity contribution in [2.24, 2.45) is 5.92 Å². The molecule has 1 fully saturated rings. The van der Waals surface area contributed by atoms with E-state index in [1.807, 2.05) is 54.6 Å². The van der Waals surface area contributed by atoms with E-state index in [0.29, 0.717) is 16.8 Å². The van der Waals surface area contributed by atoms with Crippen molar-refractivity contribution in [3.63, 3.8) is 0 Å². The van der Waals surface area contributed by atoms with Gasteiger partial charge in [-0.1, -0.05) is 72.3 Å². The van der Waals surface area contributed by atoms with Crippen LogP contribution in [-0.4, -0.2) is 29.7 Å². The summed E-state index contributed by atoms with van der Waals surface area (Å²) in [6.07, 6.45) is 1.57. The van der Waals surface area contributed by atoms with E-state index in [1.165, 1.54) is 0 Å². The Balaban J connectivity index is 1.38. The van der Waals surface area contributed by atoms with Crippen LogP contribution in [0, 0.1) is 5.92 Å². The van der Waals surface area contributed by atoms with Crippen LogP contribution in [0.1, 0.15) is 34.3 Å². The molecule has 0 atom stereocenters. The zero-order valence-corrected chi connectivity index (χ0v) is 18.0. The number of nitrogens with one attached hydrogen (secondary N) is 1. The molecule has 3 aromatic carbocycles. The zero-order valence-electron chi connectivity index (χ0n) is 17.3. The van der Waals surface area contributed by atoms with Crippen molar-refractivity contribution in [2.45, 2.75) is 19.4 Å². The molecule has 0 aromatic heterocycles. The molecule has 5 heteroatoms. The van der Waals surface area contributed by atoms with E-state index in [4.69, 9.17) is 11.6 Å². The van der Waals surface area contributed by atoms with Gasteiger partial charge in [0.2, 0.25) is 5.91 Å². The first-order valence-corrected chi connectivity index (χ1v) is 10.9. The van der Waals surface area contributed by atoms with Gasteiger partial charge in [0.1, 0.15) is 0 Å². The van der Waals surface area contributed by atoms with Crippen LogP contribution in [0.5, 0.6) is 0 Å². The minimum Gasteiger partial charge on any atom is -0.325 e. The molecule has 0 unspecified atom stereocenters. The fraction of sp³-hybridized carbons (Fsp3) is 0.231. The van der Waals surface area contributed by atoms with Crippen LogP contribution in [0.15, 0.2) is 78.9 Å². The van der Waals surface area contributed by atoms with Gasteiger partial charge in [-0.25, -0.2) is 0 Å². The van der Waals surface area contributed by atoms with Crippen molar-refractivity contribution in [1.82, 2.24) is 4.90 Å². The second-order valence-electron chi connectivity index (χ2n) is 7.87. The number of piperidine rings is 1. The number of hydrogen-bond acceptors (Lipinski definition) is 3. The molecule has 1 N–H and O–H groups in total. The number of carbonyl (C=O) groups is 2. The topological polar surface area (TPSA) is 49.4 Å². The molecule has 1 aliphatic rings. The lowest BCUT2D eigenvalue weighted by Crippen LogP contribution is -2.38. The predicted octanol–water partition coefficient (Wildman–Crippen LogP) is 5.42. The molecule has 0 saturated carbocycles. The maximum absolute atomic E-state index is 12.9. The predicted molar refractivity (Wildman–Crippen MR) is 124 cm³/mol. The minimum atomic E-state index is -0.0916. The summed E-state index contributed by atoms with van der Waals surface area (Å²) in [5.41, 5.74) is 2.80. The molecule has 0 radical (unpaired) electrons. The molecule has 4 nitrogen and oxygen atoms in total. The highest BCUT2D eigenvalue weighted by Gasteiger charge is 2.26. The smallest absolute Gasteiger partial charge is 0.227 e. The van der Waals surface area contributed by atoms with Gasteiger partial charge in [-0.3, -0.25) is 14.5 Å². The third-order valence-electron chi connectivity index (χ3n) is 5.78. The highest BCUT2D eigenvalue weighted by molar-refractivity contribution is 6.31. The van der Waals surface area contributed by atoms with Gasteiger partial charge in [-0.15, -0.1) is 0 Å². The first kappa shape index (κ1) is 21.3. The summed E-state index contributed by atoms with van der Waals surface area (Å²) in [6.45, 7) is 2.48. The summed E-state index contributed by atoms with van der Waals surface area (Å²) in [7, 11) is 0. The average Bonchev–Trinajstić information content (AvgIpc) is 2.81. The van der Waals surface area contributed by atoms with Crippen molar-refractivity contribution in [3.8, 4) is 0 Å². The van der Waals surface area contributed by atoms with Gasteiger partial charge in [0.15, 0.2) is 5.78 Å². The number of rotatable bonds is 6. The molecular formula is C26H25ClN2O2. The Kier molecular flexibility index (Phi) is 6.80. The van der Waals surface area contributed by atoms with Crippen molar-refractivity contribution in [3.05, 3.63) is 101 Å². The van der Waals surface area contributed by atoms with E-state index in [2.05, 4.69) is 10.2 Å². The normalized spacial score (nSPS) is 14.9. The van der Waals surface area contributed by atoms with E-state index < -0.39 is 0 Å². The van der Waals surface area contributed by atoms with Crippen LogP contribution in [-0.2, 0) is 11.3 Å². The van der Waals surface area contributed by atoms with Gasteiger partial charge in [-0.05, 0) is 49.7 Å². The highest BCUT2D eigenvalue weighted by atomic mass is 35.5. The summed E-state index contributed by atoms with van der Waals surface area (Å²) in [4.78, 5) is 28.2. The molecule has 1 heterocycles. The summed E-state index contributed by atoms with van der Waals surface area (Å²) >= 11 is 6.28. The lowest BCUT2D eigenvalue weighted by Gasteiger charge is -2.31. The lowest BCUT2D eigenvalue weighted by molar-refractivity contribution is -0.121. The molecule has 4 rings (SSSR count). The fourth-order valence-corrected chi connectivity index (χ4v) is 4.19. The van der Waals surface area contributed by atoms with E-state index in [0.717, 1.165) is 43.1 Å².